The maximum absolute atomic E-state index is 9.51. The molecule has 0 radical (unpaired) electrons. The van der Waals surface area contributed by atoms with Gasteiger partial charge in [-0.05, 0) is 30.5 Å². The highest BCUT2D eigenvalue weighted by atomic mass is 79.9. The van der Waals surface area contributed by atoms with Crippen LogP contribution in [0.25, 0.3) is 0 Å². The Balaban J connectivity index is 2.66. The van der Waals surface area contributed by atoms with E-state index in [0.29, 0.717) is 0 Å². The second-order valence-electron chi connectivity index (χ2n) is 4.18. The van der Waals surface area contributed by atoms with Crippen LogP contribution in [0, 0.1) is 5.92 Å². The molecule has 16 heavy (non-hydrogen) atoms. The molecule has 0 saturated heterocycles. The summed E-state index contributed by atoms with van der Waals surface area (Å²) in [5.74, 6) is 1.90. The third-order valence-corrected chi connectivity index (χ3v) is 4.66. The highest BCUT2D eigenvalue weighted by Gasteiger charge is 2.07. The van der Waals surface area contributed by atoms with Crippen molar-refractivity contribution in [2.45, 2.75) is 38.2 Å². The molecule has 0 amide bonds. The molecule has 0 fully saturated rings. The summed E-state index contributed by atoms with van der Waals surface area (Å²) in [5.41, 5.74) is 0.952. The van der Waals surface area contributed by atoms with Gasteiger partial charge in [0.05, 0.1) is 6.10 Å². The van der Waals surface area contributed by atoms with E-state index in [2.05, 4.69) is 41.9 Å². The first kappa shape index (κ1) is 14.1. The van der Waals surface area contributed by atoms with Crippen molar-refractivity contribution in [1.29, 1.82) is 0 Å². The summed E-state index contributed by atoms with van der Waals surface area (Å²) in [6, 6.07) is 6.17. The number of hydrogen-bond donors (Lipinski definition) is 1. The quantitative estimate of drug-likeness (QED) is 0.800. The van der Waals surface area contributed by atoms with Gasteiger partial charge in [-0.25, -0.2) is 0 Å². The second-order valence-corrected chi connectivity index (χ2v) is 6.13. The van der Waals surface area contributed by atoms with E-state index in [9.17, 15) is 5.11 Å². The third-order valence-electron chi connectivity index (χ3n) is 2.65. The van der Waals surface area contributed by atoms with Gasteiger partial charge in [-0.15, -0.1) is 11.8 Å². The number of benzene rings is 1. The van der Waals surface area contributed by atoms with Crippen molar-refractivity contribution >= 4 is 27.7 Å². The first-order chi connectivity index (χ1) is 7.54. The Hall–Kier alpha value is 0.01000. The van der Waals surface area contributed by atoms with E-state index in [0.717, 1.165) is 21.7 Å². The predicted molar refractivity (Wildman–Crippen MR) is 75.0 cm³/mol. The smallest absolute Gasteiger partial charge is 0.0772 e. The Morgan fingerprint density at radius 2 is 2.06 bits per heavy atom. The van der Waals surface area contributed by atoms with Crippen molar-refractivity contribution in [3.63, 3.8) is 0 Å². The number of aliphatic hydroxyl groups is 1. The minimum atomic E-state index is -0.414. The van der Waals surface area contributed by atoms with Gasteiger partial charge in [0.15, 0.2) is 0 Å². The molecule has 1 aromatic carbocycles. The van der Waals surface area contributed by atoms with Crippen LogP contribution in [0.4, 0.5) is 0 Å². The lowest BCUT2D eigenvalue weighted by Crippen LogP contribution is -1.96. The number of halogens is 1. The molecule has 1 rings (SSSR count). The number of rotatable bonds is 5. The zero-order chi connectivity index (χ0) is 12.1. The van der Waals surface area contributed by atoms with Crippen molar-refractivity contribution in [1.82, 2.24) is 0 Å². The Bertz CT molecular complexity index is 339. The highest BCUT2D eigenvalue weighted by Crippen LogP contribution is 2.29. The second kappa shape index (κ2) is 6.67. The molecule has 0 aliphatic rings. The molecule has 1 unspecified atom stereocenters. The van der Waals surface area contributed by atoms with Gasteiger partial charge in [0.1, 0.15) is 0 Å². The van der Waals surface area contributed by atoms with Crippen LogP contribution in [-0.2, 0) is 0 Å². The Labute approximate surface area is 111 Å². The number of thioether (sulfide) groups is 1. The molecule has 2 atom stereocenters. The normalized spacial score (nSPS) is 14.8. The zero-order valence-electron chi connectivity index (χ0n) is 10.0. The lowest BCUT2D eigenvalue weighted by Gasteiger charge is -2.11. The molecular weight excluding hydrogens is 284 g/mol. The first-order valence-electron chi connectivity index (χ1n) is 5.64. The molecule has 0 bridgehead atoms. The summed E-state index contributed by atoms with van der Waals surface area (Å²) in [6.45, 7) is 6.27. The van der Waals surface area contributed by atoms with Crippen LogP contribution in [0.3, 0.4) is 0 Å². The van der Waals surface area contributed by atoms with Gasteiger partial charge in [0.2, 0.25) is 0 Å². The largest absolute Gasteiger partial charge is 0.389 e. The fourth-order valence-electron chi connectivity index (χ4n) is 1.29. The molecule has 1 N–H and O–H groups in total. The first-order valence-corrected chi connectivity index (χ1v) is 7.42. The number of aliphatic hydroxyl groups excluding tert-OH is 1. The average Bonchev–Trinajstić information content (AvgIpc) is 2.25. The topological polar surface area (TPSA) is 20.2 Å². The molecule has 0 aliphatic carbocycles. The molecule has 0 spiro atoms. The van der Waals surface area contributed by atoms with Crippen LogP contribution in [-0.4, -0.2) is 10.9 Å². The Kier molecular flexibility index (Phi) is 5.87. The van der Waals surface area contributed by atoms with Crippen molar-refractivity contribution in [3.05, 3.63) is 28.2 Å². The van der Waals surface area contributed by atoms with E-state index in [1.807, 2.05) is 17.8 Å². The Morgan fingerprint density at radius 3 is 2.56 bits per heavy atom. The summed E-state index contributed by atoms with van der Waals surface area (Å²) in [5, 5.41) is 9.51. The van der Waals surface area contributed by atoms with Crippen molar-refractivity contribution in [3.8, 4) is 0 Å². The van der Waals surface area contributed by atoms with E-state index >= 15 is 0 Å². The summed E-state index contributed by atoms with van der Waals surface area (Å²) in [7, 11) is 0. The molecular formula is C13H19BrOS. The minimum Gasteiger partial charge on any atom is -0.389 e. The third kappa shape index (κ3) is 4.11. The van der Waals surface area contributed by atoms with Gasteiger partial charge in [-0.3, -0.25) is 0 Å². The van der Waals surface area contributed by atoms with Gasteiger partial charge >= 0.3 is 0 Å². The summed E-state index contributed by atoms with van der Waals surface area (Å²) in [4.78, 5) is 1.26. The standard InChI is InChI=1S/C13H19BrOS/c1-4-9(2)8-16-11-5-6-12(10(3)15)13(14)7-11/h5-7,9-10,15H,4,8H2,1-3H3/t9?,10-/m1/s1. The van der Waals surface area contributed by atoms with E-state index in [1.54, 1.807) is 6.92 Å². The Morgan fingerprint density at radius 1 is 1.38 bits per heavy atom. The maximum atomic E-state index is 9.51. The van der Waals surface area contributed by atoms with Gasteiger partial charge in [0.25, 0.3) is 0 Å². The van der Waals surface area contributed by atoms with E-state index < -0.39 is 6.10 Å². The van der Waals surface area contributed by atoms with Gasteiger partial charge in [-0.1, -0.05) is 42.3 Å². The van der Waals surface area contributed by atoms with Crippen molar-refractivity contribution in [2.75, 3.05) is 5.75 Å². The predicted octanol–water partition coefficient (Wildman–Crippen LogP) is 4.64. The van der Waals surface area contributed by atoms with Crippen LogP contribution in [0.15, 0.2) is 27.6 Å². The van der Waals surface area contributed by atoms with E-state index in [1.165, 1.54) is 11.3 Å². The van der Waals surface area contributed by atoms with Crippen LogP contribution in [0.1, 0.15) is 38.9 Å². The van der Waals surface area contributed by atoms with Crippen LogP contribution < -0.4 is 0 Å². The van der Waals surface area contributed by atoms with Crippen molar-refractivity contribution < 1.29 is 5.11 Å². The molecule has 1 aromatic rings. The molecule has 90 valence electrons. The zero-order valence-corrected chi connectivity index (χ0v) is 12.4. The summed E-state index contributed by atoms with van der Waals surface area (Å²) < 4.78 is 0.997. The van der Waals surface area contributed by atoms with Gasteiger partial charge in [0, 0.05) is 15.1 Å². The summed E-state index contributed by atoms with van der Waals surface area (Å²) >= 11 is 5.37. The van der Waals surface area contributed by atoms with Gasteiger partial charge in [-0.2, -0.15) is 0 Å². The van der Waals surface area contributed by atoms with E-state index in [4.69, 9.17) is 0 Å². The lowest BCUT2D eigenvalue weighted by molar-refractivity contribution is 0.198. The molecule has 0 heterocycles. The fraction of sp³-hybridized carbons (Fsp3) is 0.538. The van der Waals surface area contributed by atoms with Crippen LogP contribution >= 0.6 is 27.7 Å². The molecule has 3 heteroatoms. The lowest BCUT2D eigenvalue weighted by atomic mass is 10.1. The monoisotopic (exact) mass is 302 g/mol. The fourth-order valence-corrected chi connectivity index (χ4v) is 3.23. The average molecular weight is 303 g/mol. The van der Waals surface area contributed by atoms with Crippen LogP contribution in [0.5, 0.6) is 0 Å². The molecule has 0 aliphatic heterocycles. The molecule has 1 nitrogen and oxygen atoms in total. The summed E-state index contributed by atoms with van der Waals surface area (Å²) in [6.07, 6.45) is 0.808. The van der Waals surface area contributed by atoms with Gasteiger partial charge < -0.3 is 5.11 Å². The minimum absolute atomic E-state index is 0.414. The number of hydrogen-bond acceptors (Lipinski definition) is 2. The maximum Gasteiger partial charge on any atom is 0.0772 e. The SMILES string of the molecule is CCC(C)CSc1ccc([C@@H](C)O)c(Br)c1. The van der Waals surface area contributed by atoms with Crippen LogP contribution in [0.2, 0.25) is 0 Å². The highest BCUT2D eigenvalue weighted by molar-refractivity contribution is 9.10. The van der Waals surface area contributed by atoms with E-state index in [-0.39, 0.29) is 0 Å². The van der Waals surface area contributed by atoms with Crippen molar-refractivity contribution in [2.24, 2.45) is 5.92 Å². The molecule has 0 saturated carbocycles. The molecule has 0 aromatic heterocycles.